The van der Waals surface area contributed by atoms with Crippen LogP contribution in [-0.2, 0) is 4.74 Å². The monoisotopic (exact) mass is 240 g/mol. The van der Waals surface area contributed by atoms with E-state index in [1.165, 1.54) is 0 Å². The van der Waals surface area contributed by atoms with Crippen molar-refractivity contribution in [2.75, 3.05) is 6.61 Å². The Bertz CT molecular complexity index is 355. The fourth-order valence-corrected chi connectivity index (χ4v) is 2.53. The molecule has 1 aliphatic heterocycles. The van der Waals surface area contributed by atoms with Gasteiger partial charge in [0, 0.05) is 9.39 Å². The van der Waals surface area contributed by atoms with E-state index in [0.717, 1.165) is 5.56 Å². The molecule has 2 rings (SSSR count). The average molecular weight is 240 g/mol. The highest BCUT2D eigenvalue weighted by Gasteiger charge is 2.48. The molecule has 1 N–H and O–H groups in total. The molecule has 0 aromatic heterocycles. The second-order valence-electron chi connectivity index (χ2n) is 4.62. The van der Waals surface area contributed by atoms with E-state index in [9.17, 15) is 5.11 Å². The van der Waals surface area contributed by atoms with E-state index in [-0.39, 0.29) is 24.5 Å². The van der Waals surface area contributed by atoms with Crippen LogP contribution >= 0.6 is 9.39 Å². The molecule has 0 bridgehead atoms. The zero-order valence-electron chi connectivity index (χ0n) is 9.76. The highest BCUT2D eigenvalue weighted by Crippen LogP contribution is 2.42. The zero-order valence-corrected chi connectivity index (χ0v) is 11.2. The lowest BCUT2D eigenvalue weighted by Gasteiger charge is -2.23. The van der Waals surface area contributed by atoms with E-state index >= 15 is 0 Å². The van der Waals surface area contributed by atoms with Gasteiger partial charge in [-0.25, -0.2) is 0 Å². The van der Waals surface area contributed by atoms with Crippen molar-refractivity contribution in [3.8, 4) is 0 Å². The van der Waals surface area contributed by atoms with Crippen molar-refractivity contribution in [2.45, 2.75) is 31.7 Å². The van der Waals surface area contributed by atoms with Crippen LogP contribution in [0.3, 0.4) is 0 Å². The largest absolute Gasteiger partial charge is 0.394 e. The Morgan fingerprint density at radius 2 is 2.00 bits per heavy atom. The molecule has 3 nitrogen and oxygen atoms in total. The van der Waals surface area contributed by atoms with E-state index in [1.807, 2.05) is 44.2 Å². The Labute approximate surface area is 98.7 Å². The Balaban J connectivity index is 2.29. The Kier molecular flexibility index (Phi) is 3.32. The van der Waals surface area contributed by atoms with Gasteiger partial charge in [0.2, 0.25) is 0 Å². The molecular formula is C12H19NO2P+. The number of rotatable bonds is 2. The van der Waals surface area contributed by atoms with E-state index in [1.54, 1.807) is 9.39 Å². The van der Waals surface area contributed by atoms with Gasteiger partial charge in [0.05, 0.1) is 6.61 Å². The highest BCUT2D eigenvalue weighted by atomic mass is 31.0. The predicted octanol–water partition coefficient (Wildman–Crippen LogP) is 1.68. The number of ether oxygens (including phenoxy) is 1. The predicted molar refractivity (Wildman–Crippen MR) is 68.2 cm³/mol. The van der Waals surface area contributed by atoms with Crippen LogP contribution in [0.25, 0.3) is 0 Å². The fourth-order valence-electron chi connectivity index (χ4n) is 2.15. The van der Waals surface area contributed by atoms with Gasteiger partial charge >= 0.3 is 0 Å². The molecule has 88 valence electrons. The molecule has 1 aromatic carbocycles. The summed E-state index contributed by atoms with van der Waals surface area (Å²) in [6, 6.07) is 10.1. The lowest BCUT2D eigenvalue weighted by molar-refractivity contribution is -0.0488. The van der Waals surface area contributed by atoms with Crippen molar-refractivity contribution < 1.29 is 9.84 Å². The van der Waals surface area contributed by atoms with Gasteiger partial charge in [-0.05, 0) is 19.4 Å². The Morgan fingerprint density at radius 3 is 2.56 bits per heavy atom. The molecule has 1 aliphatic rings. The molecule has 3 atom stereocenters. The molecule has 0 amide bonds. The van der Waals surface area contributed by atoms with E-state index < -0.39 is 0 Å². The van der Waals surface area contributed by atoms with Crippen molar-refractivity contribution in [1.82, 2.24) is 4.67 Å². The summed E-state index contributed by atoms with van der Waals surface area (Å²) in [6.45, 7) is 4.18. The van der Waals surface area contributed by atoms with Crippen LogP contribution in [0.5, 0.6) is 0 Å². The fraction of sp³-hybridized carbons (Fsp3) is 0.500. The third-order valence-corrected chi connectivity index (χ3v) is 4.40. The van der Waals surface area contributed by atoms with E-state index in [2.05, 4.69) is 4.67 Å². The molecule has 1 saturated heterocycles. The maximum atomic E-state index is 9.48. The quantitative estimate of drug-likeness (QED) is 0.798. The van der Waals surface area contributed by atoms with Gasteiger partial charge in [0.1, 0.15) is 17.9 Å². The SMILES string of the molecule is CC1(C)OC(c2ccccc2)C(CO)N1[PH3+]. The molecule has 1 heterocycles. The van der Waals surface area contributed by atoms with Crippen LogP contribution in [0.15, 0.2) is 30.3 Å². The summed E-state index contributed by atoms with van der Waals surface area (Å²) in [7, 11) is 1.77. The molecule has 0 radical (unpaired) electrons. The minimum atomic E-state index is -0.313. The lowest BCUT2D eigenvalue weighted by atomic mass is 10.0. The minimum absolute atomic E-state index is 0.0377. The summed E-state index contributed by atoms with van der Waals surface area (Å²) in [4.78, 5) is 0. The van der Waals surface area contributed by atoms with Gasteiger partial charge in [0.15, 0.2) is 0 Å². The average Bonchev–Trinajstić information content (AvgIpc) is 2.52. The summed E-state index contributed by atoms with van der Waals surface area (Å²) < 4.78 is 8.14. The minimum Gasteiger partial charge on any atom is -0.394 e. The molecule has 1 fully saturated rings. The van der Waals surface area contributed by atoms with Gasteiger partial charge in [-0.1, -0.05) is 30.3 Å². The molecule has 0 aliphatic carbocycles. The first-order valence-electron chi connectivity index (χ1n) is 5.50. The normalized spacial score (nSPS) is 29.7. The number of aliphatic hydroxyl groups is 1. The van der Waals surface area contributed by atoms with Crippen LogP contribution in [0.1, 0.15) is 25.5 Å². The number of hydrogen-bond donors (Lipinski definition) is 1. The van der Waals surface area contributed by atoms with Crippen molar-refractivity contribution in [2.24, 2.45) is 0 Å². The first-order valence-corrected chi connectivity index (χ1v) is 6.13. The molecule has 0 saturated carbocycles. The summed E-state index contributed by atoms with van der Waals surface area (Å²) in [5, 5.41) is 9.48. The van der Waals surface area contributed by atoms with Crippen LogP contribution in [0.4, 0.5) is 0 Å². The number of aliphatic hydroxyl groups excluding tert-OH is 1. The summed E-state index contributed by atoms with van der Waals surface area (Å²) in [5.74, 6) is 0. The molecule has 0 spiro atoms. The standard InChI is InChI=1S/C12H18NO2P/c1-12(2)13(16)10(8-14)11(15-12)9-6-4-3-5-7-9/h3-7,10-11,14H,8,16H2,1-2H3/p+1. The molecule has 4 heteroatoms. The second-order valence-corrected chi connectivity index (χ2v) is 5.30. The molecule has 16 heavy (non-hydrogen) atoms. The molecule has 3 unspecified atom stereocenters. The maximum Gasteiger partial charge on any atom is 0.147 e. The van der Waals surface area contributed by atoms with Gasteiger partial charge in [-0.15, -0.1) is 4.67 Å². The highest BCUT2D eigenvalue weighted by molar-refractivity contribution is 7.13. The third kappa shape index (κ3) is 2.01. The molecule has 1 aromatic rings. The third-order valence-electron chi connectivity index (χ3n) is 3.17. The van der Waals surface area contributed by atoms with Crippen molar-refractivity contribution in [3.05, 3.63) is 35.9 Å². The van der Waals surface area contributed by atoms with Gasteiger partial charge in [-0.3, -0.25) is 0 Å². The smallest absolute Gasteiger partial charge is 0.147 e. The van der Waals surface area contributed by atoms with Crippen molar-refractivity contribution in [3.63, 3.8) is 0 Å². The number of benzene rings is 1. The Morgan fingerprint density at radius 1 is 1.38 bits per heavy atom. The molecular weight excluding hydrogens is 221 g/mol. The summed E-state index contributed by atoms with van der Waals surface area (Å²) in [6.07, 6.45) is -0.0429. The second kappa shape index (κ2) is 4.42. The van der Waals surface area contributed by atoms with Crippen LogP contribution < -0.4 is 0 Å². The van der Waals surface area contributed by atoms with Gasteiger partial charge < -0.3 is 9.84 Å². The topological polar surface area (TPSA) is 32.7 Å². The van der Waals surface area contributed by atoms with Crippen LogP contribution in [0.2, 0.25) is 0 Å². The maximum absolute atomic E-state index is 9.48. The number of hydrogen-bond acceptors (Lipinski definition) is 3. The zero-order chi connectivity index (χ0) is 11.8. The van der Waals surface area contributed by atoms with Gasteiger partial charge in [0.25, 0.3) is 0 Å². The van der Waals surface area contributed by atoms with Crippen molar-refractivity contribution >= 4 is 9.39 Å². The summed E-state index contributed by atoms with van der Waals surface area (Å²) in [5.41, 5.74) is 0.815. The first-order chi connectivity index (χ1) is 7.56. The number of nitrogens with zero attached hydrogens (tertiary/aromatic N) is 1. The van der Waals surface area contributed by atoms with E-state index in [0.29, 0.717) is 0 Å². The lowest BCUT2D eigenvalue weighted by Crippen LogP contribution is -2.37. The van der Waals surface area contributed by atoms with Crippen LogP contribution in [-0.4, -0.2) is 28.2 Å². The van der Waals surface area contributed by atoms with Gasteiger partial charge in [-0.2, -0.15) is 0 Å². The Hall–Kier alpha value is -0.470. The first kappa shape index (κ1) is 12.0. The summed E-state index contributed by atoms with van der Waals surface area (Å²) >= 11 is 0. The van der Waals surface area contributed by atoms with Crippen molar-refractivity contribution in [1.29, 1.82) is 0 Å². The van der Waals surface area contributed by atoms with Crippen LogP contribution in [0, 0.1) is 0 Å². The van der Waals surface area contributed by atoms with E-state index in [4.69, 9.17) is 4.74 Å².